The van der Waals surface area contributed by atoms with Crippen LogP contribution in [-0.2, 0) is 4.74 Å². The molecule has 0 aliphatic carbocycles. The third-order valence-corrected chi connectivity index (χ3v) is 3.44. The highest BCUT2D eigenvalue weighted by Crippen LogP contribution is 2.22. The molecule has 84 valence electrons. The van der Waals surface area contributed by atoms with Crippen molar-refractivity contribution in [3.05, 3.63) is 11.6 Å². The van der Waals surface area contributed by atoms with E-state index in [1.165, 1.54) is 12.8 Å². The minimum absolute atomic E-state index is 0.446. The second kappa shape index (κ2) is 5.47. The zero-order valence-corrected chi connectivity index (χ0v) is 9.93. The second-order valence-electron chi connectivity index (χ2n) is 3.98. The Bertz CT molecular complexity index is 274. The van der Waals surface area contributed by atoms with E-state index >= 15 is 0 Å². The van der Waals surface area contributed by atoms with E-state index in [0.717, 1.165) is 24.6 Å². The molecule has 2 rings (SSSR count). The molecule has 1 aliphatic rings. The number of ether oxygens (including phenoxy) is 1. The Morgan fingerprint density at radius 2 is 2.60 bits per heavy atom. The van der Waals surface area contributed by atoms with Crippen LogP contribution < -0.4 is 5.32 Å². The number of anilines is 1. The van der Waals surface area contributed by atoms with Crippen LogP contribution in [0.3, 0.4) is 0 Å². The van der Waals surface area contributed by atoms with E-state index in [9.17, 15) is 0 Å². The number of thiazole rings is 1. The summed E-state index contributed by atoms with van der Waals surface area (Å²) in [5, 5.41) is 6.52. The van der Waals surface area contributed by atoms with Crippen LogP contribution >= 0.6 is 11.3 Å². The lowest BCUT2D eigenvalue weighted by Gasteiger charge is -2.29. The van der Waals surface area contributed by atoms with Gasteiger partial charge in [-0.05, 0) is 19.3 Å². The second-order valence-corrected chi connectivity index (χ2v) is 4.88. The summed E-state index contributed by atoms with van der Waals surface area (Å²) in [7, 11) is 0. The predicted octanol–water partition coefficient (Wildman–Crippen LogP) is 2.90. The average Bonchev–Trinajstić information content (AvgIpc) is 2.71. The molecule has 15 heavy (non-hydrogen) atoms. The lowest BCUT2D eigenvalue weighted by molar-refractivity contribution is 0.00598. The van der Waals surface area contributed by atoms with Crippen LogP contribution in [0.25, 0.3) is 0 Å². The number of nitrogens with zero attached hydrogens (tertiary/aromatic N) is 1. The van der Waals surface area contributed by atoms with Gasteiger partial charge in [0.05, 0.1) is 6.10 Å². The Kier molecular flexibility index (Phi) is 3.97. The Hall–Kier alpha value is -0.610. The van der Waals surface area contributed by atoms with Crippen molar-refractivity contribution in [2.75, 3.05) is 11.9 Å². The average molecular weight is 226 g/mol. The van der Waals surface area contributed by atoms with Crippen molar-refractivity contribution in [3.63, 3.8) is 0 Å². The lowest BCUT2D eigenvalue weighted by atomic mass is 10.0. The van der Waals surface area contributed by atoms with E-state index in [0.29, 0.717) is 12.1 Å². The van der Waals surface area contributed by atoms with Crippen LogP contribution in [0.5, 0.6) is 0 Å². The van der Waals surface area contributed by atoms with Gasteiger partial charge in [-0.1, -0.05) is 13.3 Å². The molecule has 1 saturated heterocycles. The molecule has 0 spiro atoms. The molecule has 1 aliphatic heterocycles. The first-order valence-electron chi connectivity index (χ1n) is 5.66. The third-order valence-electron chi connectivity index (χ3n) is 2.74. The molecule has 2 unspecified atom stereocenters. The Labute approximate surface area is 94.9 Å². The fourth-order valence-electron chi connectivity index (χ4n) is 2.00. The van der Waals surface area contributed by atoms with Gasteiger partial charge in [0.2, 0.25) is 0 Å². The fraction of sp³-hybridized carbons (Fsp3) is 0.727. The maximum absolute atomic E-state index is 5.71. The summed E-state index contributed by atoms with van der Waals surface area (Å²) in [6, 6.07) is 0.543. The first kappa shape index (κ1) is 10.9. The van der Waals surface area contributed by atoms with Crippen LogP contribution in [0.2, 0.25) is 0 Å². The molecule has 1 aromatic heterocycles. The third kappa shape index (κ3) is 3.18. The zero-order valence-electron chi connectivity index (χ0n) is 9.11. The van der Waals surface area contributed by atoms with Crippen molar-refractivity contribution in [2.45, 2.75) is 44.8 Å². The summed E-state index contributed by atoms with van der Waals surface area (Å²) in [4.78, 5) is 4.25. The summed E-state index contributed by atoms with van der Waals surface area (Å²) in [5.41, 5.74) is 0. The van der Waals surface area contributed by atoms with Gasteiger partial charge in [-0.3, -0.25) is 0 Å². The highest BCUT2D eigenvalue weighted by atomic mass is 32.1. The lowest BCUT2D eigenvalue weighted by Crippen LogP contribution is -2.33. The van der Waals surface area contributed by atoms with Gasteiger partial charge in [0.15, 0.2) is 5.13 Å². The molecule has 1 aromatic rings. The SMILES string of the molecule is CCCC1CC(Nc2nccs2)CCO1. The number of rotatable bonds is 4. The molecule has 2 atom stereocenters. The molecule has 1 fully saturated rings. The molecule has 0 bridgehead atoms. The maximum atomic E-state index is 5.71. The molecular formula is C11H18N2OS. The Balaban J connectivity index is 1.82. The smallest absolute Gasteiger partial charge is 0.182 e. The van der Waals surface area contributed by atoms with Crippen LogP contribution in [-0.4, -0.2) is 23.7 Å². The van der Waals surface area contributed by atoms with E-state index < -0.39 is 0 Å². The minimum atomic E-state index is 0.446. The highest BCUT2D eigenvalue weighted by Gasteiger charge is 2.22. The van der Waals surface area contributed by atoms with E-state index in [4.69, 9.17) is 4.74 Å². The van der Waals surface area contributed by atoms with Crippen LogP contribution in [0.4, 0.5) is 5.13 Å². The fourth-order valence-corrected chi connectivity index (χ4v) is 2.61. The number of hydrogen-bond donors (Lipinski definition) is 1. The molecule has 3 nitrogen and oxygen atoms in total. The summed E-state index contributed by atoms with van der Waals surface area (Å²) in [6.07, 6.45) is 6.88. The normalized spacial score (nSPS) is 26.5. The molecular weight excluding hydrogens is 208 g/mol. The zero-order chi connectivity index (χ0) is 10.5. The first-order valence-corrected chi connectivity index (χ1v) is 6.54. The van der Waals surface area contributed by atoms with Gasteiger partial charge in [-0.2, -0.15) is 0 Å². The number of nitrogens with one attached hydrogen (secondary N) is 1. The van der Waals surface area contributed by atoms with Gasteiger partial charge in [0, 0.05) is 24.2 Å². The van der Waals surface area contributed by atoms with E-state index in [1.807, 2.05) is 11.6 Å². The largest absolute Gasteiger partial charge is 0.378 e. The first-order chi connectivity index (χ1) is 7.38. The van der Waals surface area contributed by atoms with Crippen molar-refractivity contribution in [1.82, 2.24) is 4.98 Å². The van der Waals surface area contributed by atoms with Crippen molar-refractivity contribution in [3.8, 4) is 0 Å². The Morgan fingerprint density at radius 3 is 3.33 bits per heavy atom. The molecule has 4 heteroatoms. The molecule has 2 heterocycles. The quantitative estimate of drug-likeness (QED) is 0.857. The van der Waals surface area contributed by atoms with Crippen molar-refractivity contribution in [1.29, 1.82) is 0 Å². The number of hydrogen-bond acceptors (Lipinski definition) is 4. The number of aromatic nitrogens is 1. The summed E-state index contributed by atoms with van der Waals surface area (Å²) < 4.78 is 5.71. The summed E-state index contributed by atoms with van der Waals surface area (Å²) in [6.45, 7) is 3.09. The molecule has 1 N–H and O–H groups in total. The molecule has 0 amide bonds. The summed E-state index contributed by atoms with van der Waals surface area (Å²) in [5.74, 6) is 0. The maximum Gasteiger partial charge on any atom is 0.182 e. The van der Waals surface area contributed by atoms with Gasteiger partial charge in [-0.25, -0.2) is 4.98 Å². The van der Waals surface area contributed by atoms with Crippen LogP contribution in [0.1, 0.15) is 32.6 Å². The van der Waals surface area contributed by atoms with E-state index in [2.05, 4.69) is 17.2 Å². The van der Waals surface area contributed by atoms with Crippen molar-refractivity contribution >= 4 is 16.5 Å². The van der Waals surface area contributed by atoms with Crippen molar-refractivity contribution in [2.24, 2.45) is 0 Å². The van der Waals surface area contributed by atoms with Gasteiger partial charge in [0.1, 0.15) is 0 Å². The van der Waals surface area contributed by atoms with Gasteiger partial charge in [0.25, 0.3) is 0 Å². The molecule has 0 aromatic carbocycles. The van der Waals surface area contributed by atoms with E-state index in [-0.39, 0.29) is 0 Å². The van der Waals surface area contributed by atoms with Crippen molar-refractivity contribution < 1.29 is 4.74 Å². The van der Waals surface area contributed by atoms with Crippen LogP contribution in [0, 0.1) is 0 Å². The summed E-state index contributed by atoms with van der Waals surface area (Å²) >= 11 is 1.67. The van der Waals surface area contributed by atoms with Gasteiger partial charge < -0.3 is 10.1 Å². The standard InChI is InChI=1S/C11H18N2OS/c1-2-3-10-8-9(4-6-14-10)13-11-12-5-7-15-11/h5,7,9-10H,2-4,6,8H2,1H3,(H,12,13). The predicted molar refractivity (Wildman–Crippen MR) is 63.4 cm³/mol. The monoisotopic (exact) mass is 226 g/mol. The molecule has 0 saturated carbocycles. The highest BCUT2D eigenvalue weighted by molar-refractivity contribution is 7.13. The Morgan fingerprint density at radius 1 is 1.67 bits per heavy atom. The van der Waals surface area contributed by atoms with Gasteiger partial charge in [-0.15, -0.1) is 11.3 Å². The van der Waals surface area contributed by atoms with E-state index in [1.54, 1.807) is 11.3 Å². The topological polar surface area (TPSA) is 34.2 Å². The van der Waals surface area contributed by atoms with Gasteiger partial charge >= 0.3 is 0 Å². The molecule has 0 radical (unpaired) electrons. The van der Waals surface area contributed by atoms with Crippen LogP contribution in [0.15, 0.2) is 11.6 Å². The minimum Gasteiger partial charge on any atom is -0.378 e.